The third-order valence-corrected chi connectivity index (χ3v) is 5.88. The Morgan fingerprint density at radius 3 is 1.26 bits per heavy atom. The van der Waals surface area contributed by atoms with E-state index in [1.54, 1.807) is 0 Å². The van der Waals surface area contributed by atoms with Crippen molar-refractivity contribution >= 4 is 33.4 Å². The van der Waals surface area contributed by atoms with E-state index in [4.69, 9.17) is 11.5 Å². The highest BCUT2D eigenvalue weighted by Gasteiger charge is 2.14. The second kappa shape index (κ2) is 7.94. The second-order valence-corrected chi connectivity index (χ2v) is 8.05. The number of aromatic nitrogens is 4. The van der Waals surface area contributed by atoms with Crippen LogP contribution < -0.4 is 11.5 Å². The molecule has 0 spiro atoms. The van der Waals surface area contributed by atoms with Crippen molar-refractivity contribution in [2.45, 2.75) is 0 Å². The Bertz CT molecular complexity index is 1560. The Morgan fingerprint density at radius 2 is 0.794 bits per heavy atom. The lowest BCUT2D eigenvalue weighted by molar-refractivity contribution is 1.14. The lowest BCUT2D eigenvalue weighted by Crippen LogP contribution is -2.03. The number of fused-ring (bicyclic) bond motifs is 2. The standard InChI is InChI=1S/C28H20N6/c29-27-31-23(21-13-5-9-17-7-1-3-11-19(17)21)15-25(33-27)26-16-24(32-28(30)34-26)22-14-6-10-18-8-2-4-12-20(18)22/h1-16H,(H2,29,31,33)(H2,30,32,34). The summed E-state index contributed by atoms with van der Waals surface area (Å²) in [6.07, 6.45) is 0. The molecule has 4 aromatic carbocycles. The Labute approximate surface area is 196 Å². The second-order valence-electron chi connectivity index (χ2n) is 8.05. The number of nitrogens with zero attached hydrogens (tertiary/aromatic N) is 4. The minimum Gasteiger partial charge on any atom is -0.368 e. The van der Waals surface area contributed by atoms with Crippen molar-refractivity contribution in [2.24, 2.45) is 0 Å². The molecule has 0 bridgehead atoms. The van der Waals surface area contributed by atoms with Gasteiger partial charge < -0.3 is 11.5 Å². The van der Waals surface area contributed by atoms with Gasteiger partial charge in [-0.1, -0.05) is 84.9 Å². The normalized spacial score (nSPS) is 11.2. The Morgan fingerprint density at radius 1 is 0.412 bits per heavy atom. The molecule has 0 aliphatic heterocycles. The Kier molecular flexibility index (Phi) is 4.63. The van der Waals surface area contributed by atoms with E-state index in [9.17, 15) is 0 Å². The Hall–Kier alpha value is -4.84. The van der Waals surface area contributed by atoms with Crippen molar-refractivity contribution in [3.63, 3.8) is 0 Å². The highest BCUT2D eigenvalue weighted by molar-refractivity contribution is 5.97. The van der Waals surface area contributed by atoms with Crippen molar-refractivity contribution in [1.29, 1.82) is 0 Å². The molecular weight excluding hydrogens is 420 g/mol. The number of benzene rings is 4. The van der Waals surface area contributed by atoms with Gasteiger partial charge in [0.1, 0.15) is 0 Å². The molecule has 34 heavy (non-hydrogen) atoms. The molecule has 6 nitrogen and oxygen atoms in total. The van der Waals surface area contributed by atoms with E-state index >= 15 is 0 Å². The number of anilines is 2. The van der Waals surface area contributed by atoms with Crippen LogP contribution in [0.2, 0.25) is 0 Å². The van der Waals surface area contributed by atoms with Crippen molar-refractivity contribution in [2.75, 3.05) is 11.5 Å². The van der Waals surface area contributed by atoms with Gasteiger partial charge in [-0.2, -0.15) is 0 Å². The summed E-state index contributed by atoms with van der Waals surface area (Å²) >= 11 is 0. The highest BCUT2D eigenvalue weighted by Crippen LogP contribution is 2.32. The van der Waals surface area contributed by atoms with Crippen LogP contribution >= 0.6 is 0 Å². The van der Waals surface area contributed by atoms with Crippen molar-refractivity contribution in [3.8, 4) is 33.9 Å². The van der Waals surface area contributed by atoms with Crippen LogP contribution in [-0.2, 0) is 0 Å². The lowest BCUT2D eigenvalue weighted by Gasteiger charge is -2.11. The minimum atomic E-state index is 0.171. The largest absolute Gasteiger partial charge is 0.368 e. The summed E-state index contributed by atoms with van der Waals surface area (Å²) in [6, 6.07) is 32.4. The Balaban J connectivity index is 1.52. The maximum atomic E-state index is 6.14. The molecule has 0 fully saturated rings. The van der Waals surface area contributed by atoms with Crippen LogP contribution in [0.15, 0.2) is 97.1 Å². The first-order chi connectivity index (χ1) is 16.7. The van der Waals surface area contributed by atoms with Gasteiger partial charge in [-0.05, 0) is 33.7 Å². The zero-order valence-corrected chi connectivity index (χ0v) is 18.2. The molecule has 162 valence electrons. The van der Waals surface area contributed by atoms with Crippen LogP contribution in [-0.4, -0.2) is 19.9 Å². The number of nitrogens with two attached hydrogens (primary N) is 2. The first-order valence-corrected chi connectivity index (χ1v) is 10.9. The third-order valence-electron chi connectivity index (χ3n) is 5.88. The fourth-order valence-electron chi connectivity index (χ4n) is 4.37. The number of nitrogen functional groups attached to an aromatic ring is 2. The molecule has 6 rings (SSSR count). The van der Waals surface area contributed by atoms with E-state index in [1.165, 1.54) is 0 Å². The van der Waals surface area contributed by atoms with Crippen molar-refractivity contribution < 1.29 is 0 Å². The summed E-state index contributed by atoms with van der Waals surface area (Å²) in [7, 11) is 0. The number of hydrogen-bond donors (Lipinski definition) is 2. The van der Waals surface area contributed by atoms with Gasteiger partial charge in [0.25, 0.3) is 0 Å². The smallest absolute Gasteiger partial charge is 0.221 e. The molecular formula is C28H20N6. The monoisotopic (exact) mass is 440 g/mol. The molecule has 0 amide bonds. The quantitative estimate of drug-likeness (QED) is 0.364. The molecule has 0 atom stereocenters. The molecule has 2 aromatic heterocycles. The van der Waals surface area contributed by atoms with Gasteiger partial charge in [0, 0.05) is 11.1 Å². The van der Waals surface area contributed by atoms with Crippen LogP contribution in [0.4, 0.5) is 11.9 Å². The number of hydrogen-bond acceptors (Lipinski definition) is 6. The van der Waals surface area contributed by atoms with Gasteiger partial charge in [0.05, 0.1) is 22.8 Å². The van der Waals surface area contributed by atoms with E-state index in [0.717, 1.165) is 44.1 Å². The summed E-state index contributed by atoms with van der Waals surface area (Å²) in [5.74, 6) is 0.341. The summed E-state index contributed by atoms with van der Waals surface area (Å²) in [4.78, 5) is 18.0. The summed E-state index contributed by atoms with van der Waals surface area (Å²) in [5, 5.41) is 4.44. The van der Waals surface area contributed by atoms with Crippen LogP contribution in [0.25, 0.3) is 55.4 Å². The highest BCUT2D eigenvalue weighted by atomic mass is 15.0. The van der Waals surface area contributed by atoms with Gasteiger partial charge in [-0.25, -0.2) is 19.9 Å². The molecule has 0 aliphatic carbocycles. The molecule has 0 saturated carbocycles. The molecule has 0 aliphatic rings. The van der Waals surface area contributed by atoms with Crippen LogP contribution in [0.3, 0.4) is 0 Å². The maximum absolute atomic E-state index is 6.14. The van der Waals surface area contributed by atoms with E-state index in [-0.39, 0.29) is 11.9 Å². The minimum absolute atomic E-state index is 0.171. The number of rotatable bonds is 3. The SMILES string of the molecule is Nc1nc(-c2cc(-c3cccc4ccccc34)nc(N)n2)cc(-c2cccc3ccccc23)n1. The van der Waals surface area contributed by atoms with Gasteiger partial charge >= 0.3 is 0 Å². The van der Waals surface area contributed by atoms with E-state index < -0.39 is 0 Å². The third kappa shape index (κ3) is 3.47. The van der Waals surface area contributed by atoms with E-state index in [0.29, 0.717) is 11.4 Å². The summed E-state index contributed by atoms with van der Waals surface area (Å²) in [6.45, 7) is 0. The van der Waals surface area contributed by atoms with Crippen molar-refractivity contribution in [3.05, 3.63) is 97.1 Å². The average Bonchev–Trinajstić information content (AvgIpc) is 2.87. The summed E-state index contributed by atoms with van der Waals surface area (Å²) in [5.41, 5.74) is 16.9. The fourth-order valence-corrected chi connectivity index (χ4v) is 4.37. The molecule has 4 N–H and O–H groups in total. The zero-order chi connectivity index (χ0) is 23.1. The predicted octanol–water partition coefficient (Wildman–Crippen LogP) is 5.74. The maximum Gasteiger partial charge on any atom is 0.221 e. The van der Waals surface area contributed by atoms with Crippen molar-refractivity contribution in [1.82, 2.24) is 19.9 Å². The first-order valence-electron chi connectivity index (χ1n) is 10.9. The molecule has 6 heteroatoms. The average molecular weight is 441 g/mol. The molecule has 6 aromatic rings. The molecule has 0 saturated heterocycles. The molecule has 0 unspecified atom stereocenters. The predicted molar refractivity (Wildman–Crippen MR) is 138 cm³/mol. The van der Waals surface area contributed by atoms with E-state index in [1.807, 2.05) is 60.7 Å². The van der Waals surface area contributed by atoms with Crippen LogP contribution in [0, 0.1) is 0 Å². The zero-order valence-electron chi connectivity index (χ0n) is 18.2. The molecule has 2 heterocycles. The fraction of sp³-hybridized carbons (Fsp3) is 0. The van der Waals surface area contributed by atoms with Gasteiger partial charge in [0.2, 0.25) is 11.9 Å². The van der Waals surface area contributed by atoms with Gasteiger partial charge in [-0.15, -0.1) is 0 Å². The van der Waals surface area contributed by atoms with Gasteiger partial charge in [0.15, 0.2) is 0 Å². The van der Waals surface area contributed by atoms with Crippen LogP contribution in [0.5, 0.6) is 0 Å². The lowest BCUT2D eigenvalue weighted by atomic mass is 10.0. The molecule has 0 radical (unpaired) electrons. The van der Waals surface area contributed by atoms with Crippen LogP contribution in [0.1, 0.15) is 0 Å². The topological polar surface area (TPSA) is 104 Å². The van der Waals surface area contributed by atoms with E-state index in [2.05, 4.69) is 56.3 Å². The first kappa shape index (κ1) is 19.8. The summed E-state index contributed by atoms with van der Waals surface area (Å²) < 4.78 is 0. The van der Waals surface area contributed by atoms with Gasteiger partial charge in [-0.3, -0.25) is 0 Å².